The van der Waals surface area contributed by atoms with Crippen molar-refractivity contribution in [1.82, 2.24) is 9.62 Å². The van der Waals surface area contributed by atoms with Gasteiger partial charge in [-0.05, 0) is 85.8 Å². The van der Waals surface area contributed by atoms with Gasteiger partial charge in [-0.2, -0.15) is 4.31 Å². The van der Waals surface area contributed by atoms with Crippen LogP contribution in [0.15, 0.2) is 47.4 Å². The second-order valence-electron chi connectivity index (χ2n) is 9.28. The van der Waals surface area contributed by atoms with E-state index in [1.807, 2.05) is 0 Å². The maximum absolute atomic E-state index is 13.1. The van der Waals surface area contributed by atoms with Gasteiger partial charge in [0.2, 0.25) is 10.0 Å². The summed E-state index contributed by atoms with van der Waals surface area (Å²) in [5, 5.41) is 3.12. The summed E-state index contributed by atoms with van der Waals surface area (Å²) in [5.41, 5.74) is 4.32. The standard InChI is InChI=1S/C26H34N2O3S/c1-3-25(22-12-11-20-7-4-5-8-21(20)17-22)27-26(29)23-9-6-10-24(18-23)32(30,31)28-15-13-19(2)14-16-28/h6,9-12,17-19,25H,3-5,7-8,13-16H2,1-2H3,(H,27,29). The van der Waals surface area contributed by atoms with E-state index in [9.17, 15) is 13.2 Å². The van der Waals surface area contributed by atoms with Gasteiger partial charge in [0.25, 0.3) is 5.91 Å². The molecule has 2 aliphatic rings. The minimum atomic E-state index is -3.58. The first kappa shape index (κ1) is 23.0. The summed E-state index contributed by atoms with van der Waals surface area (Å²) in [6.07, 6.45) is 7.22. The molecule has 0 aromatic heterocycles. The molecule has 5 nitrogen and oxygen atoms in total. The van der Waals surface area contributed by atoms with Crippen LogP contribution in [-0.4, -0.2) is 31.7 Å². The number of rotatable bonds is 6. The first-order valence-electron chi connectivity index (χ1n) is 11.9. The average Bonchev–Trinajstić information content (AvgIpc) is 2.82. The summed E-state index contributed by atoms with van der Waals surface area (Å²) in [6.45, 7) is 5.29. The maximum Gasteiger partial charge on any atom is 0.251 e. The molecule has 0 radical (unpaired) electrons. The van der Waals surface area contributed by atoms with Crippen molar-refractivity contribution < 1.29 is 13.2 Å². The Hall–Kier alpha value is -2.18. The predicted octanol–water partition coefficient (Wildman–Crippen LogP) is 4.87. The van der Waals surface area contributed by atoms with E-state index in [1.165, 1.54) is 30.0 Å². The van der Waals surface area contributed by atoms with E-state index in [4.69, 9.17) is 0 Å². The highest BCUT2D eigenvalue weighted by atomic mass is 32.2. The molecule has 1 N–H and O–H groups in total. The zero-order chi connectivity index (χ0) is 22.7. The number of hydrogen-bond donors (Lipinski definition) is 1. The van der Waals surface area contributed by atoms with Gasteiger partial charge >= 0.3 is 0 Å². The van der Waals surface area contributed by atoms with Crippen LogP contribution in [0.2, 0.25) is 0 Å². The van der Waals surface area contributed by atoms with Gasteiger partial charge in [0, 0.05) is 18.7 Å². The van der Waals surface area contributed by atoms with Crippen LogP contribution in [0.1, 0.15) is 79.0 Å². The van der Waals surface area contributed by atoms with Crippen molar-refractivity contribution in [2.45, 2.75) is 69.7 Å². The summed E-state index contributed by atoms with van der Waals surface area (Å²) in [4.78, 5) is 13.3. The fraction of sp³-hybridized carbons (Fsp3) is 0.500. The van der Waals surface area contributed by atoms with E-state index < -0.39 is 10.0 Å². The molecule has 32 heavy (non-hydrogen) atoms. The van der Waals surface area contributed by atoms with Gasteiger partial charge in [0.1, 0.15) is 0 Å². The number of piperidine rings is 1. The molecule has 1 aliphatic carbocycles. The minimum Gasteiger partial charge on any atom is -0.345 e. The zero-order valence-electron chi connectivity index (χ0n) is 19.1. The summed E-state index contributed by atoms with van der Waals surface area (Å²) >= 11 is 0. The lowest BCUT2D eigenvalue weighted by Gasteiger charge is -2.29. The van der Waals surface area contributed by atoms with E-state index in [-0.39, 0.29) is 16.8 Å². The number of amides is 1. The molecule has 1 amide bonds. The SMILES string of the molecule is CCC(NC(=O)c1cccc(S(=O)(=O)N2CCC(C)CC2)c1)c1ccc2c(c1)CCCC2. The number of sulfonamides is 1. The fourth-order valence-electron chi connectivity index (χ4n) is 4.80. The third-order valence-corrected chi connectivity index (χ3v) is 8.86. The quantitative estimate of drug-likeness (QED) is 0.677. The Bertz CT molecular complexity index is 1070. The number of nitrogens with one attached hydrogen (secondary N) is 1. The number of carbonyl (C=O) groups excluding carboxylic acids is 1. The van der Waals surface area contributed by atoms with Crippen molar-refractivity contribution in [3.8, 4) is 0 Å². The Kier molecular flexibility index (Phi) is 7.01. The normalized spacial score (nSPS) is 18.7. The molecule has 1 fully saturated rings. The molecule has 4 rings (SSSR count). The van der Waals surface area contributed by atoms with Crippen LogP contribution >= 0.6 is 0 Å². The Morgan fingerprint density at radius 3 is 2.50 bits per heavy atom. The van der Waals surface area contributed by atoms with Crippen LogP contribution in [0.3, 0.4) is 0 Å². The van der Waals surface area contributed by atoms with Crippen molar-refractivity contribution in [1.29, 1.82) is 0 Å². The van der Waals surface area contributed by atoms with Gasteiger partial charge < -0.3 is 5.32 Å². The van der Waals surface area contributed by atoms with Crippen molar-refractivity contribution in [2.24, 2.45) is 5.92 Å². The first-order chi connectivity index (χ1) is 15.4. The Balaban J connectivity index is 1.51. The third kappa shape index (κ3) is 4.91. The second kappa shape index (κ2) is 9.75. The van der Waals surface area contributed by atoms with Gasteiger partial charge in [-0.25, -0.2) is 8.42 Å². The number of hydrogen-bond acceptors (Lipinski definition) is 3. The van der Waals surface area contributed by atoms with Crippen molar-refractivity contribution in [3.63, 3.8) is 0 Å². The molecule has 1 atom stereocenters. The third-order valence-electron chi connectivity index (χ3n) is 6.97. The number of fused-ring (bicyclic) bond motifs is 1. The first-order valence-corrected chi connectivity index (χ1v) is 13.3. The van der Waals surface area contributed by atoms with E-state index in [0.29, 0.717) is 24.6 Å². The lowest BCUT2D eigenvalue weighted by molar-refractivity contribution is 0.0935. The fourth-order valence-corrected chi connectivity index (χ4v) is 6.32. The molecule has 1 aliphatic heterocycles. The second-order valence-corrected chi connectivity index (χ2v) is 11.2. The molecule has 0 spiro atoms. The van der Waals surface area contributed by atoms with E-state index in [0.717, 1.165) is 37.7 Å². The largest absolute Gasteiger partial charge is 0.345 e. The molecule has 1 heterocycles. The molecule has 6 heteroatoms. The predicted molar refractivity (Wildman–Crippen MR) is 127 cm³/mol. The molecular formula is C26H34N2O3S. The smallest absolute Gasteiger partial charge is 0.251 e. The van der Waals surface area contributed by atoms with Crippen LogP contribution in [0.25, 0.3) is 0 Å². The molecule has 0 saturated carbocycles. The van der Waals surface area contributed by atoms with Crippen LogP contribution in [0.5, 0.6) is 0 Å². The number of benzene rings is 2. The van der Waals surface area contributed by atoms with Gasteiger partial charge in [-0.15, -0.1) is 0 Å². The summed E-state index contributed by atoms with van der Waals surface area (Å²) < 4.78 is 27.7. The zero-order valence-corrected chi connectivity index (χ0v) is 20.0. The van der Waals surface area contributed by atoms with Crippen LogP contribution in [-0.2, 0) is 22.9 Å². The lowest BCUT2D eigenvalue weighted by Crippen LogP contribution is -2.38. The molecule has 0 bridgehead atoms. The molecule has 172 valence electrons. The highest BCUT2D eigenvalue weighted by Crippen LogP contribution is 2.27. The van der Waals surface area contributed by atoms with E-state index in [2.05, 4.69) is 37.4 Å². The number of nitrogens with zero attached hydrogens (tertiary/aromatic N) is 1. The molecule has 1 saturated heterocycles. The Morgan fingerprint density at radius 1 is 1.06 bits per heavy atom. The summed E-state index contributed by atoms with van der Waals surface area (Å²) in [6, 6.07) is 12.9. The molecule has 1 unspecified atom stereocenters. The summed E-state index contributed by atoms with van der Waals surface area (Å²) in [7, 11) is -3.58. The molecule has 2 aromatic rings. The number of aryl methyl sites for hydroxylation is 2. The average molecular weight is 455 g/mol. The topological polar surface area (TPSA) is 66.5 Å². The van der Waals surface area contributed by atoms with Gasteiger partial charge in [-0.1, -0.05) is 38.1 Å². The van der Waals surface area contributed by atoms with Crippen molar-refractivity contribution in [2.75, 3.05) is 13.1 Å². The molecule has 2 aromatic carbocycles. The lowest BCUT2D eigenvalue weighted by atomic mass is 9.88. The van der Waals surface area contributed by atoms with Crippen molar-refractivity contribution >= 4 is 15.9 Å². The van der Waals surface area contributed by atoms with Crippen LogP contribution in [0, 0.1) is 5.92 Å². The van der Waals surface area contributed by atoms with Gasteiger partial charge in [0.15, 0.2) is 0 Å². The minimum absolute atomic E-state index is 0.0985. The Morgan fingerprint density at radius 2 is 1.78 bits per heavy atom. The highest BCUT2D eigenvalue weighted by Gasteiger charge is 2.28. The summed E-state index contributed by atoms with van der Waals surface area (Å²) in [5.74, 6) is 0.312. The van der Waals surface area contributed by atoms with Gasteiger partial charge in [-0.3, -0.25) is 4.79 Å². The highest BCUT2D eigenvalue weighted by molar-refractivity contribution is 7.89. The van der Waals surface area contributed by atoms with Crippen molar-refractivity contribution in [3.05, 3.63) is 64.7 Å². The maximum atomic E-state index is 13.1. The van der Waals surface area contributed by atoms with Crippen LogP contribution < -0.4 is 5.32 Å². The van der Waals surface area contributed by atoms with E-state index in [1.54, 1.807) is 22.5 Å². The number of carbonyl (C=O) groups is 1. The van der Waals surface area contributed by atoms with E-state index >= 15 is 0 Å². The van der Waals surface area contributed by atoms with Gasteiger partial charge in [0.05, 0.1) is 10.9 Å². The molecular weight excluding hydrogens is 420 g/mol. The monoisotopic (exact) mass is 454 g/mol. The Labute approximate surface area is 192 Å². The van der Waals surface area contributed by atoms with Crippen LogP contribution in [0.4, 0.5) is 0 Å².